The van der Waals surface area contributed by atoms with Gasteiger partial charge in [0, 0.05) is 5.56 Å². The van der Waals surface area contributed by atoms with E-state index in [2.05, 4.69) is 11.8 Å². The highest BCUT2D eigenvalue weighted by atomic mass is 19.3. The Balaban J connectivity index is 2.80. The second kappa shape index (κ2) is 6.67. The highest BCUT2D eigenvalue weighted by Crippen LogP contribution is 2.09. The minimum Gasteiger partial charge on any atom is -0.384 e. The van der Waals surface area contributed by atoms with Crippen molar-refractivity contribution in [2.45, 2.75) is 6.43 Å². The van der Waals surface area contributed by atoms with Crippen molar-refractivity contribution in [3.63, 3.8) is 0 Å². The van der Waals surface area contributed by atoms with Gasteiger partial charge >= 0.3 is 0 Å². The molecule has 1 rings (SSSR count). The molecule has 0 saturated heterocycles. The molecule has 0 aliphatic carbocycles. The second-order valence-corrected chi connectivity index (χ2v) is 3.26. The molecule has 0 aliphatic heterocycles. The van der Waals surface area contributed by atoms with Crippen molar-refractivity contribution < 1.29 is 23.1 Å². The van der Waals surface area contributed by atoms with E-state index in [1.54, 1.807) is 0 Å². The molecule has 0 radical (unpaired) electrons. The van der Waals surface area contributed by atoms with Gasteiger partial charge in [-0.2, -0.15) is 0 Å². The molecule has 6 heteroatoms. The van der Waals surface area contributed by atoms with Crippen LogP contribution in [0.15, 0.2) is 18.2 Å². The number of hydrogen-bond donors (Lipinski definition) is 2. The van der Waals surface area contributed by atoms with Crippen LogP contribution in [-0.2, 0) is 0 Å². The lowest BCUT2D eigenvalue weighted by molar-refractivity contribution is 0.0891. The van der Waals surface area contributed by atoms with Gasteiger partial charge in [0.1, 0.15) is 12.4 Å². The van der Waals surface area contributed by atoms with Crippen LogP contribution in [0.5, 0.6) is 0 Å². The average molecular weight is 257 g/mol. The summed E-state index contributed by atoms with van der Waals surface area (Å²) in [6, 6.07) is 3.42. The van der Waals surface area contributed by atoms with Gasteiger partial charge in [0.15, 0.2) is 0 Å². The first-order chi connectivity index (χ1) is 8.54. The SMILES string of the molecule is O=C(NCC(F)F)c1ccc(C#CCO)c(F)c1. The molecule has 0 fully saturated rings. The molecule has 2 N–H and O–H groups in total. The number of hydrogen-bond acceptors (Lipinski definition) is 2. The van der Waals surface area contributed by atoms with Gasteiger partial charge in [-0.1, -0.05) is 11.8 Å². The van der Waals surface area contributed by atoms with Crippen LogP contribution < -0.4 is 5.32 Å². The van der Waals surface area contributed by atoms with Gasteiger partial charge < -0.3 is 10.4 Å². The van der Waals surface area contributed by atoms with Crippen molar-refractivity contribution in [2.75, 3.05) is 13.2 Å². The third-order valence-electron chi connectivity index (χ3n) is 1.95. The number of aliphatic hydroxyl groups is 1. The summed E-state index contributed by atoms with van der Waals surface area (Å²) in [5.41, 5.74) is -0.0443. The monoisotopic (exact) mass is 257 g/mol. The smallest absolute Gasteiger partial charge is 0.255 e. The van der Waals surface area contributed by atoms with E-state index in [0.29, 0.717) is 0 Å². The first-order valence-corrected chi connectivity index (χ1v) is 5.00. The maximum atomic E-state index is 13.4. The number of carbonyl (C=O) groups excluding carboxylic acids is 1. The molecule has 0 atom stereocenters. The Kier molecular flexibility index (Phi) is 5.21. The third kappa shape index (κ3) is 4.11. The zero-order chi connectivity index (χ0) is 13.5. The molecule has 0 bridgehead atoms. The highest BCUT2D eigenvalue weighted by Gasteiger charge is 2.10. The van der Waals surface area contributed by atoms with Crippen LogP contribution in [0, 0.1) is 17.7 Å². The first-order valence-electron chi connectivity index (χ1n) is 5.00. The van der Waals surface area contributed by atoms with Gasteiger partial charge in [0.25, 0.3) is 12.3 Å². The zero-order valence-corrected chi connectivity index (χ0v) is 9.21. The van der Waals surface area contributed by atoms with E-state index in [1.807, 2.05) is 5.32 Å². The van der Waals surface area contributed by atoms with E-state index in [0.717, 1.165) is 6.07 Å². The summed E-state index contributed by atoms with van der Waals surface area (Å²) in [6.07, 6.45) is -2.66. The quantitative estimate of drug-likeness (QED) is 0.798. The summed E-state index contributed by atoms with van der Waals surface area (Å²) in [6.45, 7) is -1.19. The van der Waals surface area contributed by atoms with E-state index in [-0.39, 0.29) is 11.1 Å². The molecule has 0 unspecified atom stereocenters. The highest BCUT2D eigenvalue weighted by molar-refractivity contribution is 5.94. The summed E-state index contributed by atoms with van der Waals surface area (Å²) in [5.74, 6) is 3.08. The van der Waals surface area contributed by atoms with Gasteiger partial charge in [-0.3, -0.25) is 4.79 Å². The standard InChI is InChI=1S/C12H10F3NO2/c13-10-6-9(12(18)16-7-11(14)15)4-3-8(10)2-1-5-17/h3-4,6,11,17H,5,7H2,(H,16,18). The van der Waals surface area contributed by atoms with Crippen molar-refractivity contribution in [2.24, 2.45) is 0 Å². The molecule has 0 aliphatic rings. The summed E-state index contributed by atoms with van der Waals surface area (Å²) in [7, 11) is 0. The molecule has 96 valence electrons. The fourth-order valence-electron chi connectivity index (χ4n) is 1.16. The number of aliphatic hydroxyl groups excluding tert-OH is 1. The molecule has 0 saturated carbocycles. The van der Waals surface area contributed by atoms with Crippen LogP contribution in [0.25, 0.3) is 0 Å². The van der Waals surface area contributed by atoms with Crippen LogP contribution in [0.2, 0.25) is 0 Å². The lowest BCUT2D eigenvalue weighted by Crippen LogP contribution is -2.28. The van der Waals surface area contributed by atoms with Crippen LogP contribution >= 0.6 is 0 Å². The summed E-state index contributed by atoms with van der Waals surface area (Å²) in [5, 5.41) is 10.4. The Morgan fingerprint density at radius 2 is 2.17 bits per heavy atom. The van der Waals surface area contributed by atoms with E-state index >= 15 is 0 Å². The number of halogens is 3. The van der Waals surface area contributed by atoms with Gasteiger partial charge in [0.2, 0.25) is 0 Å². The van der Waals surface area contributed by atoms with Crippen LogP contribution in [0.1, 0.15) is 15.9 Å². The fourth-order valence-corrected chi connectivity index (χ4v) is 1.16. The summed E-state index contributed by atoms with van der Waals surface area (Å²) in [4.78, 5) is 11.3. The van der Waals surface area contributed by atoms with E-state index < -0.39 is 31.3 Å². The van der Waals surface area contributed by atoms with Crippen molar-refractivity contribution in [3.8, 4) is 11.8 Å². The largest absolute Gasteiger partial charge is 0.384 e. The van der Waals surface area contributed by atoms with Crippen LogP contribution in [0.3, 0.4) is 0 Å². The molecule has 1 aromatic carbocycles. The minimum absolute atomic E-state index is 0.0226. The normalized spacial score (nSPS) is 9.83. The number of amides is 1. The van der Waals surface area contributed by atoms with Crippen molar-refractivity contribution in [1.29, 1.82) is 0 Å². The van der Waals surface area contributed by atoms with Gasteiger partial charge in [0.05, 0.1) is 12.1 Å². The van der Waals surface area contributed by atoms with E-state index in [9.17, 15) is 18.0 Å². The van der Waals surface area contributed by atoms with E-state index in [4.69, 9.17) is 5.11 Å². The fraction of sp³-hybridized carbons (Fsp3) is 0.250. The van der Waals surface area contributed by atoms with Gasteiger partial charge in [-0.15, -0.1) is 0 Å². The summed E-state index contributed by atoms with van der Waals surface area (Å²) >= 11 is 0. The Morgan fingerprint density at radius 3 is 2.72 bits per heavy atom. The number of rotatable bonds is 3. The van der Waals surface area contributed by atoms with Crippen LogP contribution in [-0.4, -0.2) is 30.6 Å². The predicted octanol–water partition coefficient (Wildman–Crippen LogP) is 1.16. The molecule has 1 amide bonds. The maximum absolute atomic E-state index is 13.4. The predicted molar refractivity (Wildman–Crippen MR) is 58.7 cm³/mol. The van der Waals surface area contributed by atoms with Crippen molar-refractivity contribution >= 4 is 5.91 Å². The Hall–Kier alpha value is -2.00. The molecule has 3 nitrogen and oxygen atoms in total. The molecule has 1 aromatic rings. The lowest BCUT2D eigenvalue weighted by Gasteiger charge is -2.04. The van der Waals surface area contributed by atoms with Crippen molar-refractivity contribution in [1.82, 2.24) is 5.32 Å². The first kappa shape index (κ1) is 14.1. The number of benzene rings is 1. The Labute approximate surface area is 102 Å². The van der Waals surface area contributed by atoms with E-state index in [1.165, 1.54) is 12.1 Å². The molecule has 18 heavy (non-hydrogen) atoms. The lowest BCUT2D eigenvalue weighted by atomic mass is 10.1. The number of nitrogens with one attached hydrogen (secondary N) is 1. The Bertz CT molecular complexity index is 492. The topological polar surface area (TPSA) is 49.3 Å². The molecule has 0 aromatic heterocycles. The Morgan fingerprint density at radius 1 is 1.44 bits per heavy atom. The summed E-state index contributed by atoms with van der Waals surface area (Å²) < 4.78 is 37.1. The molecular formula is C12H10F3NO2. The minimum atomic E-state index is -2.66. The number of alkyl halides is 2. The number of carbonyl (C=O) groups is 1. The van der Waals surface area contributed by atoms with Crippen LogP contribution in [0.4, 0.5) is 13.2 Å². The molecular weight excluding hydrogens is 247 g/mol. The zero-order valence-electron chi connectivity index (χ0n) is 9.21. The van der Waals surface area contributed by atoms with Crippen molar-refractivity contribution in [3.05, 3.63) is 35.1 Å². The third-order valence-corrected chi connectivity index (χ3v) is 1.95. The molecule has 0 spiro atoms. The average Bonchev–Trinajstić information content (AvgIpc) is 2.34. The van der Waals surface area contributed by atoms with Gasteiger partial charge in [-0.05, 0) is 18.2 Å². The molecule has 0 heterocycles. The maximum Gasteiger partial charge on any atom is 0.255 e. The second-order valence-electron chi connectivity index (χ2n) is 3.26. The van der Waals surface area contributed by atoms with Gasteiger partial charge in [-0.25, -0.2) is 13.2 Å².